The molecule has 1 heterocycles. The zero-order valence-corrected chi connectivity index (χ0v) is 14.0. The van der Waals surface area contributed by atoms with Crippen molar-refractivity contribution >= 4 is 11.7 Å². The number of aromatic nitrogens is 2. The zero-order chi connectivity index (χ0) is 16.8. The molecule has 2 aromatic rings. The highest BCUT2D eigenvalue weighted by atomic mass is 16.5. The zero-order valence-electron chi connectivity index (χ0n) is 14.0. The summed E-state index contributed by atoms with van der Waals surface area (Å²) in [5.41, 5.74) is 1.95. The second kappa shape index (κ2) is 7.58. The molecule has 0 atom stereocenters. The molecule has 1 aromatic carbocycles. The van der Waals surface area contributed by atoms with Gasteiger partial charge in [0.2, 0.25) is 0 Å². The van der Waals surface area contributed by atoms with E-state index in [4.69, 9.17) is 4.74 Å². The highest BCUT2D eigenvalue weighted by molar-refractivity contribution is 5.77. The van der Waals surface area contributed by atoms with Gasteiger partial charge in [0.25, 0.3) is 5.91 Å². The first kappa shape index (κ1) is 16.7. The molecule has 1 N–H and O–H groups in total. The number of hydrogen-bond donors (Lipinski definition) is 1. The van der Waals surface area contributed by atoms with Gasteiger partial charge in [0.15, 0.2) is 6.61 Å². The number of aryl methyl sites for hydroxylation is 2. The number of nitrogens with one attached hydrogen (secondary N) is 1. The molecule has 2 rings (SSSR count). The summed E-state index contributed by atoms with van der Waals surface area (Å²) in [5, 5.41) is 2.77. The summed E-state index contributed by atoms with van der Waals surface area (Å²) in [6.07, 6.45) is 0. The molecule has 6 nitrogen and oxygen atoms in total. The molecule has 1 aromatic heterocycles. The monoisotopic (exact) mass is 314 g/mol. The first-order valence-electron chi connectivity index (χ1n) is 7.42. The molecule has 122 valence electrons. The molecule has 0 aliphatic heterocycles. The molecule has 0 unspecified atom stereocenters. The van der Waals surface area contributed by atoms with Crippen molar-refractivity contribution in [3.8, 4) is 5.75 Å². The van der Waals surface area contributed by atoms with Crippen LogP contribution in [0.3, 0.4) is 0 Å². The Hall–Kier alpha value is -2.63. The standard InChI is InChI=1S/C17H22N4O2/c1-12-6-5-7-14(8-12)23-11-17(22)18-10-15-19-13(2)9-16(20-15)21(3)4/h5-9H,10-11H2,1-4H3,(H,18,22). The molecule has 0 saturated carbocycles. The molecule has 0 saturated heterocycles. The van der Waals surface area contributed by atoms with Crippen LogP contribution in [0.15, 0.2) is 30.3 Å². The van der Waals surface area contributed by atoms with Crippen molar-refractivity contribution in [2.24, 2.45) is 0 Å². The van der Waals surface area contributed by atoms with Gasteiger partial charge in [0.05, 0.1) is 6.54 Å². The summed E-state index contributed by atoms with van der Waals surface area (Å²) < 4.78 is 5.46. The lowest BCUT2D eigenvalue weighted by Gasteiger charge is -2.13. The average molecular weight is 314 g/mol. The maximum atomic E-state index is 11.9. The number of hydrogen-bond acceptors (Lipinski definition) is 5. The van der Waals surface area contributed by atoms with Crippen LogP contribution in [0, 0.1) is 13.8 Å². The van der Waals surface area contributed by atoms with E-state index in [-0.39, 0.29) is 19.1 Å². The quantitative estimate of drug-likeness (QED) is 0.881. The number of rotatable bonds is 6. The number of carbonyl (C=O) groups excluding carboxylic acids is 1. The SMILES string of the molecule is Cc1cccc(OCC(=O)NCc2nc(C)cc(N(C)C)n2)c1. The van der Waals surface area contributed by atoms with Crippen molar-refractivity contribution in [2.45, 2.75) is 20.4 Å². The molecular weight excluding hydrogens is 292 g/mol. The second-order valence-corrected chi connectivity index (χ2v) is 5.56. The minimum atomic E-state index is -0.206. The maximum absolute atomic E-state index is 11.9. The van der Waals surface area contributed by atoms with Gasteiger partial charge in [-0.3, -0.25) is 4.79 Å². The minimum Gasteiger partial charge on any atom is -0.484 e. The van der Waals surface area contributed by atoms with Crippen LogP contribution in [0.4, 0.5) is 5.82 Å². The molecule has 23 heavy (non-hydrogen) atoms. The Morgan fingerprint density at radius 3 is 2.70 bits per heavy atom. The summed E-state index contributed by atoms with van der Waals surface area (Å²) in [6, 6.07) is 9.48. The number of benzene rings is 1. The van der Waals surface area contributed by atoms with Gasteiger partial charge in [0.1, 0.15) is 17.4 Å². The van der Waals surface area contributed by atoms with Gasteiger partial charge < -0.3 is 15.0 Å². The first-order chi connectivity index (χ1) is 10.9. The van der Waals surface area contributed by atoms with Crippen molar-refractivity contribution in [3.63, 3.8) is 0 Å². The molecule has 0 aliphatic carbocycles. The second-order valence-electron chi connectivity index (χ2n) is 5.56. The van der Waals surface area contributed by atoms with Crippen molar-refractivity contribution in [2.75, 3.05) is 25.6 Å². The van der Waals surface area contributed by atoms with E-state index in [0.29, 0.717) is 11.6 Å². The maximum Gasteiger partial charge on any atom is 0.258 e. The van der Waals surface area contributed by atoms with Gasteiger partial charge in [-0.1, -0.05) is 12.1 Å². The molecule has 0 fully saturated rings. The summed E-state index contributed by atoms with van der Waals surface area (Å²) in [6.45, 7) is 4.12. The van der Waals surface area contributed by atoms with E-state index in [1.54, 1.807) is 0 Å². The van der Waals surface area contributed by atoms with Crippen molar-refractivity contribution in [1.29, 1.82) is 0 Å². The van der Waals surface area contributed by atoms with Crippen molar-refractivity contribution in [1.82, 2.24) is 15.3 Å². The minimum absolute atomic E-state index is 0.0319. The van der Waals surface area contributed by atoms with Crippen molar-refractivity contribution < 1.29 is 9.53 Å². The summed E-state index contributed by atoms with van der Waals surface area (Å²) in [7, 11) is 3.83. The lowest BCUT2D eigenvalue weighted by atomic mass is 10.2. The van der Waals surface area contributed by atoms with Crippen LogP contribution in [-0.4, -0.2) is 36.6 Å². The van der Waals surface area contributed by atoms with Crippen LogP contribution >= 0.6 is 0 Å². The molecule has 0 spiro atoms. The van der Waals surface area contributed by atoms with E-state index in [9.17, 15) is 4.79 Å². The van der Waals surface area contributed by atoms with Gasteiger partial charge in [0, 0.05) is 25.9 Å². The highest BCUT2D eigenvalue weighted by Gasteiger charge is 2.07. The Balaban J connectivity index is 1.87. The fourth-order valence-corrected chi connectivity index (χ4v) is 2.00. The number of amides is 1. The van der Waals surface area contributed by atoms with Crippen LogP contribution in [0.25, 0.3) is 0 Å². The number of ether oxygens (including phenoxy) is 1. The third kappa shape index (κ3) is 5.25. The fourth-order valence-electron chi connectivity index (χ4n) is 2.00. The van der Waals surface area contributed by atoms with Crippen molar-refractivity contribution in [3.05, 3.63) is 47.4 Å². The third-order valence-electron chi connectivity index (χ3n) is 3.15. The predicted molar refractivity (Wildman–Crippen MR) is 89.6 cm³/mol. The van der Waals surface area contributed by atoms with E-state index in [1.165, 1.54) is 0 Å². The lowest BCUT2D eigenvalue weighted by molar-refractivity contribution is -0.123. The van der Waals surface area contributed by atoms with Gasteiger partial charge in [-0.2, -0.15) is 0 Å². The largest absolute Gasteiger partial charge is 0.484 e. The Labute approximate surface area is 136 Å². The Morgan fingerprint density at radius 1 is 1.22 bits per heavy atom. The Kier molecular flexibility index (Phi) is 5.51. The molecule has 0 bridgehead atoms. The fraction of sp³-hybridized carbons (Fsp3) is 0.353. The summed E-state index contributed by atoms with van der Waals surface area (Å²) in [4.78, 5) is 22.5. The molecule has 1 amide bonds. The van der Waals surface area contributed by atoms with Crippen LogP contribution < -0.4 is 15.0 Å². The topological polar surface area (TPSA) is 67.3 Å². The van der Waals surface area contributed by atoms with E-state index >= 15 is 0 Å². The molecule has 6 heteroatoms. The van der Waals surface area contributed by atoms with E-state index in [2.05, 4.69) is 15.3 Å². The van der Waals surface area contributed by atoms with Gasteiger partial charge in [-0.25, -0.2) is 9.97 Å². The Morgan fingerprint density at radius 2 is 2.00 bits per heavy atom. The van der Waals surface area contributed by atoms with Crippen LogP contribution in [-0.2, 0) is 11.3 Å². The Bertz CT molecular complexity index is 686. The first-order valence-corrected chi connectivity index (χ1v) is 7.42. The smallest absolute Gasteiger partial charge is 0.258 e. The van der Waals surface area contributed by atoms with Crippen LogP contribution in [0.1, 0.15) is 17.1 Å². The van der Waals surface area contributed by atoms with Gasteiger partial charge in [-0.05, 0) is 31.5 Å². The lowest BCUT2D eigenvalue weighted by Crippen LogP contribution is -2.29. The van der Waals surface area contributed by atoms with Crippen LogP contribution in [0.2, 0.25) is 0 Å². The van der Waals surface area contributed by atoms with Crippen LogP contribution in [0.5, 0.6) is 5.75 Å². The van der Waals surface area contributed by atoms with E-state index in [1.807, 2.05) is 63.2 Å². The van der Waals surface area contributed by atoms with Gasteiger partial charge >= 0.3 is 0 Å². The highest BCUT2D eigenvalue weighted by Crippen LogP contribution is 2.12. The number of anilines is 1. The number of carbonyl (C=O) groups is 1. The van der Waals surface area contributed by atoms with E-state index < -0.39 is 0 Å². The molecular formula is C17H22N4O2. The molecule has 0 aliphatic rings. The average Bonchev–Trinajstić information content (AvgIpc) is 2.50. The predicted octanol–water partition coefficient (Wildman–Crippen LogP) is 1.85. The van der Waals surface area contributed by atoms with Gasteiger partial charge in [-0.15, -0.1) is 0 Å². The summed E-state index contributed by atoms with van der Waals surface area (Å²) in [5.74, 6) is 1.88. The molecule has 0 radical (unpaired) electrons. The summed E-state index contributed by atoms with van der Waals surface area (Å²) >= 11 is 0. The normalized spacial score (nSPS) is 10.3. The number of nitrogens with zero attached hydrogens (tertiary/aromatic N) is 3. The van der Waals surface area contributed by atoms with E-state index in [0.717, 1.165) is 17.1 Å². The third-order valence-corrected chi connectivity index (χ3v) is 3.15.